The second-order valence-corrected chi connectivity index (χ2v) is 7.29. The van der Waals surface area contributed by atoms with Crippen LogP contribution in [0.3, 0.4) is 0 Å². The van der Waals surface area contributed by atoms with Crippen LogP contribution in [0, 0.1) is 5.92 Å². The van der Waals surface area contributed by atoms with Crippen LogP contribution in [0.25, 0.3) is 0 Å². The average molecular weight is 427 g/mol. The molecule has 0 aliphatic carbocycles. The van der Waals surface area contributed by atoms with E-state index >= 15 is 0 Å². The normalized spacial score (nSPS) is 16.5. The first-order valence-electron chi connectivity index (χ1n) is 8.06. The molecule has 27 heavy (non-hydrogen) atoms. The van der Waals surface area contributed by atoms with E-state index in [0.29, 0.717) is 26.3 Å². The maximum atomic E-state index is 12.3. The molecule has 2 aromatic carbocycles. The summed E-state index contributed by atoms with van der Waals surface area (Å²) in [5.41, 5.74) is 0.953. The summed E-state index contributed by atoms with van der Waals surface area (Å²) in [5, 5.41) is 1.21. The number of amides is 1. The maximum absolute atomic E-state index is 12.3. The van der Waals surface area contributed by atoms with Crippen LogP contribution in [0.15, 0.2) is 42.5 Å². The van der Waals surface area contributed by atoms with Crippen molar-refractivity contribution < 1.29 is 19.1 Å². The number of rotatable bonds is 5. The summed E-state index contributed by atoms with van der Waals surface area (Å²) in [7, 11) is 0. The van der Waals surface area contributed by atoms with Gasteiger partial charge in [0.2, 0.25) is 5.91 Å². The number of esters is 1. The molecule has 0 aromatic heterocycles. The number of hydrogen-bond donors (Lipinski definition) is 0. The lowest BCUT2D eigenvalue weighted by atomic mass is 10.1. The smallest absolute Gasteiger partial charge is 0.311 e. The topological polar surface area (TPSA) is 63.7 Å². The van der Waals surface area contributed by atoms with Crippen LogP contribution in [-0.4, -0.2) is 30.8 Å². The van der Waals surface area contributed by atoms with Gasteiger partial charge in [0.1, 0.15) is 0 Å². The fourth-order valence-corrected chi connectivity index (χ4v) is 3.16. The molecule has 140 valence electrons. The molecule has 0 saturated carbocycles. The van der Waals surface area contributed by atoms with Crippen molar-refractivity contribution in [2.45, 2.75) is 6.42 Å². The molecule has 1 fully saturated rings. The Kier molecular flexibility index (Phi) is 6.05. The number of Topliss-reactive ketones (excluding diaryl/α,β-unsaturated/α-hetero) is 1. The van der Waals surface area contributed by atoms with Gasteiger partial charge >= 0.3 is 5.97 Å². The van der Waals surface area contributed by atoms with Crippen LogP contribution in [0.5, 0.6) is 0 Å². The lowest BCUT2D eigenvalue weighted by molar-refractivity contribution is -0.147. The number of halogens is 3. The van der Waals surface area contributed by atoms with E-state index in [-0.39, 0.29) is 24.7 Å². The van der Waals surface area contributed by atoms with Crippen molar-refractivity contribution in [2.24, 2.45) is 5.92 Å². The van der Waals surface area contributed by atoms with E-state index in [9.17, 15) is 14.4 Å². The van der Waals surface area contributed by atoms with Crippen LogP contribution in [-0.2, 0) is 14.3 Å². The molecule has 1 heterocycles. The van der Waals surface area contributed by atoms with Crippen molar-refractivity contribution in [2.75, 3.05) is 18.1 Å². The highest BCUT2D eigenvalue weighted by molar-refractivity contribution is 6.42. The number of nitrogens with zero attached hydrogens (tertiary/aromatic N) is 1. The summed E-state index contributed by atoms with van der Waals surface area (Å²) < 4.78 is 5.10. The molecule has 8 heteroatoms. The zero-order chi connectivity index (χ0) is 19.6. The second kappa shape index (κ2) is 8.30. The zero-order valence-electron chi connectivity index (χ0n) is 14.0. The minimum absolute atomic E-state index is 0.00815. The number of anilines is 1. The van der Waals surface area contributed by atoms with E-state index in [1.807, 2.05) is 0 Å². The Labute approximate surface area is 170 Å². The first-order valence-corrected chi connectivity index (χ1v) is 9.19. The first-order chi connectivity index (χ1) is 12.8. The molecular formula is C19H14Cl3NO4. The van der Waals surface area contributed by atoms with Crippen molar-refractivity contribution in [1.29, 1.82) is 0 Å². The predicted octanol–water partition coefficient (Wildman–Crippen LogP) is 4.43. The molecule has 1 unspecified atom stereocenters. The largest absolute Gasteiger partial charge is 0.457 e. The van der Waals surface area contributed by atoms with E-state index in [0.717, 1.165) is 0 Å². The van der Waals surface area contributed by atoms with Crippen molar-refractivity contribution in [3.63, 3.8) is 0 Å². The monoisotopic (exact) mass is 425 g/mol. The standard InChI is InChI=1S/C19H14Cl3NO4/c20-13-3-1-11(2-4-13)17(24)10-27-19(26)12-7-18(25)23(9-12)14-5-6-15(21)16(22)8-14/h1-6,8,12H,7,9-10H2. The quantitative estimate of drug-likeness (QED) is 0.524. The molecule has 1 aliphatic rings. The SMILES string of the molecule is O=C(COC(=O)C1CC(=O)N(c2ccc(Cl)c(Cl)c2)C1)c1ccc(Cl)cc1. The van der Waals surface area contributed by atoms with Crippen molar-refractivity contribution >= 4 is 58.1 Å². The van der Waals surface area contributed by atoms with Crippen molar-refractivity contribution in [3.05, 3.63) is 63.1 Å². The van der Waals surface area contributed by atoms with Gasteiger partial charge < -0.3 is 9.64 Å². The first kappa shape index (κ1) is 19.7. The highest BCUT2D eigenvalue weighted by Gasteiger charge is 2.36. The number of ketones is 1. The summed E-state index contributed by atoms with van der Waals surface area (Å²) in [5.74, 6) is -1.80. The molecule has 1 atom stereocenters. The Morgan fingerprint density at radius 2 is 1.74 bits per heavy atom. The Balaban J connectivity index is 1.59. The predicted molar refractivity (Wildman–Crippen MR) is 104 cm³/mol. The third-order valence-corrected chi connectivity index (χ3v) is 5.18. The Morgan fingerprint density at radius 3 is 2.41 bits per heavy atom. The Bertz CT molecular complexity index is 898. The lowest BCUT2D eigenvalue weighted by Crippen LogP contribution is -2.27. The summed E-state index contributed by atoms with van der Waals surface area (Å²) in [6.45, 7) is -0.233. The maximum Gasteiger partial charge on any atom is 0.311 e. The van der Waals surface area contributed by atoms with Gasteiger partial charge in [0, 0.05) is 29.2 Å². The van der Waals surface area contributed by atoms with Crippen LogP contribution < -0.4 is 4.90 Å². The van der Waals surface area contributed by atoms with Gasteiger partial charge in [0.15, 0.2) is 12.4 Å². The summed E-state index contributed by atoms with van der Waals surface area (Å²) in [6, 6.07) is 11.1. The Morgan fingerprint density at radius 1 is 1.04 bits per heavy atom. The fraction of sp³-hybridized carbons (Fsp3) is 0.211. The minimum atomic E-state index is -0.648. The van der Waals surface area contributed by atoms with Crippen LogP contribution in [0.1, 0.15) is 16.8 Å². The van der Waals surface area contributed by atoms with Gasteiger partial charge in [-0.2, -0.15) is 0 Å². The molecular weight excluding hydrogens is 413 g/mol. The zero-order valence-corrected chi connectivity index (χ0v) is 16.2. The van der Waals surface area contributed by atoms with Crippen LogP contribution in [0.4, 0.5) is 5.69 Å². The van der Waals surface area contributed by atoms with E-state index in [4.69, 9.17) is 39.5 Å². The van der Waals surface area contributed by atoms with Gasteiger partial charge in [-0.05, 0) is 42.5 Å². The highest BCUT2D eigenvalue weighted by Crippen LogP contribution is 2.31. The van der Waals surface area contributed by atoms with E-state index < -0.39 is 18.5 Å². The molecule has 1 saturated heterocycles. The number of carbonyl (C=O) groups is 3. The third kappa shape index (κ3) is 4.61. The van der Waals surface area contributed by atoms with Crippen LogP contribution in [0.2, 0.25) is 15.1 Å². The van der Waals surface area contributed by atoms with Crippen molar-refractivity contribution in [3.8, 4) is 0 Å². The van der Waals surface area contributed by atoms with Gasteiger partial charge in [0.25, 0.3) is 0 Å². The molecule has 3 rings (SSSR count). The molecule has 5 nitrogen and oxygen atoms in total. The summed E-state index contributed by atoms with van der Waals surface area (Å²) >= 11 is 17.6. The van der Waals surface area contributed by atoms with E-state index in [1.165, 1.54) is 4.90 Å². The summed E-state index contributed by atoms with van der Waals surface area (Å²) in [6.07, 6.45) is 0.00815. The highest BCUT2D eigenvalue weighted by atomic mass is 35.5. The number of carbonyl (C=O) groups excluding carboxylic acids is 3. The molecule has 2 aromatic rings. The van der Waals surface area contributed by atoms with E-state index in [2.05, 4.69) is 0 Å². The molecule has 1 aliphatic heterocycles. The number of hydrogen-bond acceptors (Lipinski definition) is 4. The number of ether oxygens (including phenoxy) is 1. The molecule has 0 radical (unpaired) electrons. The minimum Gasteiger partial charge on any atom is -0.457 e. The van der Waals surface area contributed by atoms with Gasteiger partial charge in [0.05, 0.1) is 16.0 Å². The number of benzene rings is 2. The molecule has 1 amide bonds. The van der Waals surface area contributed by atoms with Gasteiger partial charge in [-0.3, -0.25) is 14.4 Å². The molecule has 0 spiro atoms. The van der Waals surface area contributed by atoms with Crippen molar-refractivity contribution in [1.82, 2.24) is 0 Å². The summed E-state index contributed by atoms with van der Waals surface area (Å²) in [4.78, 5) is 38.0. The lowest BCUT2D eigenvalue weighted by Gasteiger charge is -2.17. The molecule has 0 bridgehead atoms. The van der Waals surface area contributed by atoms with E-state index in [1.54, 1.807) is 42.5 Å². The Hall–Kier alpha value is -2.08. The van der Waals surface area contributed by atoms with Gasteiger partial charge in [-0.15, -0.1) is 0 Å². The fourth-order valence-electron chi connectivity index (χ4n) is 2.74. The van der Waals surface area contributed by atoms with Gasteiger partial charge in [-0.1, -0.05) is 34.8 Å². The average Bonchev–Trinajstić information content (AvgIpc) is 3.04. The third-order valence-electron chi connectivity index (χ3n) is 4.18. The molecule has 0 N–H and O–H groups in total. The van der Waals surface area contributed by atoms with Gasteiger partial charge in [-0.25, -0.2) is 0 Å². The second-order valence-electron chi connectivity index (χ2n) is 6.04. The van der Waals surface area contributed by atoms with Crippen LogP contribution >= 0.6 is 34.8 Å².